The molecule has 2 rings (SSSR count). The van der Waals surface area contributed by atoms with Crippen LogP contribution in [0.1, 0.15) is 35.8 Å². The van der Waals surface area contributed by atoms with E-state index < -0.39 is 5.91 Å². The highest BCUT2D eigenvalue weighted by Gasteiger charge is 2.15. The molecule has 0 spiro atoms. The van der Waals surface area contributed by atoms with Gasteiger partial charge in [-0.1, -0.05) is 31.5 Å². The van der Waals surface area contributed by atoms with E-state index in [-0.39, 0.29) is 5.69 Å². The van der Waals surface area contributed by atoms with Gasteiger partial charge in [-0.25, -0.2) is 0 Å². The number of carbonyl (C=O) groups is 1. The second-order valence-electron chi connectivity index (χ2n) is 5.18. The summed E-state index contributed by atoms with van der Waals surface area (Å²) >= 11 is 0. The van der Waals surface area contributed by atoms with Gasteiger partial charge < -0.3 is 10.6 Å². The van der Waals surface area contributed by atoms with Gasteiger partial charge in [0.15, 0.2) is 5.69 Å². The molecule has 6 nitrogen and oxygen atoms in total. The highest BCUT2D eigenvalue weighted by atomic mass is 16.1. The van der Waals surface area contributed by atoms with Crippen LogP contribution in [0.5, 0.6) is 0 Å². The Kier molecular flexibility index (Phi) is 5.05. The van der Waals surface area contributed by atoms with Gasteiger partial charge in [0.05, 0.1) is 0 Å². The number of nitrogens with one attached hydrogen (secondary N) is 1. The summed E-state index contributed by atoms with van der Waals surface area (Å²) in [4.78, 5) is 13.6. The standard InChI is InChI=1S/C15H21N5O/c1-3-4-8-20(2)10-11-6-5-7-12(9-11)13-14(15(16)21)18-19-17-13/h5-7,9H,3-4,8,10H2,1-2H3,(H2,16,21)(H,17,18,19). The number of benzene rings is 1. The fourth-order valence-corrected chi connectivity index (χ4v) is 2.24. The molecule has 2 aromatic rings. The van der Waals surface area contributed by atoms with Gasteiger partial charge in [0.25, 0.3) is 5.91 Å². The van der Waals surface area contributed by atoms with Crippen LogP contribution in [-0.4, -0.2) is 39.8 Å². The molecule has 0 atom stereocenters. The summed E-state index contributed by atoms with van der Waals surface area (Å²) in [5.41, 5.74) is 7.99. The zero-order valence-electron chi connectivity index (χ0n) is 12.5. The number of rotatable bonds is 7. The van der Waals surface area contributed by atoms with E-state index >= 15 is 0 Å². The molecule has 0 aliphatic rings. The number of unbranched alkanes of at least 4 members (excludes halogenated alkanes) is 1. The van der Waals surface area contributed by atoms with E-state index in [1.807, 2.05) is 18.2 Å². The predicted molar refractivity (Wildman–Crippen MR) is 81.6 cm³/mol. The lowest BCUT2D eigenvalue weighted by molar-refractivity contribution is 0.0996. The number of nitrogens with two attached hydrogens (primary N) is 1. The fourth-order valence-electron chi connectivity index (χ4n) is 2.24. The first-order valence-electron chi connectivity index (χ1n) is 7.10. The van der Waals surface area contributed by atoms with Crippen LogP contribution in [0.2, 0.25) is 0 Å². The minimum absolute atomic E-state index is 0.173. The summed E-state index contributed by atoms with van der Waals surface area (Å²) in [7, 11) is 2.10. The van der Waals surface area contributed by atoms with E-state index in [4.69, 9.17) is 5.73 Å². The summed E-state index contributed by atoms with van der Waals surface area (Å²) in [5.74, 6) is -0.579. The van der Waals surface area contributed by atoms with Crippen LogP contribution in [0.4, 0.5) is 0 Å². The lowest BCUT2D eigenvalue weighted by Gasteiger charge is -2.16. The number of amides is 1. The quantitative estimate of drug-likeness (QED) is 0.813. The first-order chi connectivity index (χ1) is 10.1. The van der Waals surface area contributed by atoms with Gasteiger partial charge in [-0.2, -0.15) is 15.4 Å². The zero-order valence-corrected chi connectivity index (χ0v) is 12.5. The lowest BCUT2D eigenvalue weighted by atomic mass is 10.1. The molecule has 112 valence electrons. The molecule has 0 fully saturated rings. The van der Waals surface area contributed by atoms with Crippen molar-refractivity contribution in [2.24, 2.45) is 5.73 Å². The van der Waals surface area contributed by atoms with Crippen molar-refractivity contribution in [2.75, 3.05) is 13.6 Å². The smallest absolute Gasteiger partial charge is 0.271 e. The van der Waals surface area contributed by atoms with Crippen LogP contribution in [-0.2, 0) is 6.54 Å². The third kappa shape index (κ3) is 3.88. The Labute approximate surface area is 124 Å². The van der Waals surface area contributed by atoms with Crippen molar-refractivity contribution in [3.63, 3.8) is 0 Å². The Bertz CT molecular complexity index is 608. The Balaban J connectivity index is 2.17. The number of primary amides is 1. The van der Waals surface area contributed by atoms with Crippen molar-refractivity contribution in [1.82, 2.24) is 20.3 Å². The second kappa shape index (κ2) is 6.99. The summed E-state index contributed by atoms with van der Waals surface area (Å²) < 4.78 is 0. The Morgan fingerprint density at radius 1 is 1.38 bits per heavy atom. The third-order valence-electron chi connectivity index (χ3n) is 3.33. The monoisotopic (exact) mass is 287 g/mol. The van der Waals surface area contributed by atoms with Crippen molar-refractivity contribution >= 4 is 5.91 Å². The van der Waals surface area contributed by atoms with Crippen LogP contribution in [0.3, 0.4) is 0 Å². The first-order valence-corrected chi connectivity index (χ1v) is 7.10. The van der Waals surface area contributed by atoms with Gasteiger partial charge in [0, 0.05) is 12.1 Å². The summed E-state index contributed by atoms with van der Waals surface area (Å²) in [6.45, 7) is 4.11. The fraction of sp³-hybridized carbons (Fsp3) is 0.400. The van der Waals surface area contributed by atoms with Gasteiger partial charge in [-0.05, 0) is 31.6 Å². The Morgan fingerprint density at radius 2 is 2.19 bits per heavy atom. The number of nitrogens with zero attached hydrogens (tertiary/aromatic N) is 3. The van der Waals surface area contributed by atoms with Crippen molar-refractivity contribution in [2.45, 2.75) is 26.3 Å². The summed E-state index contributed by atoms with van der Waals surface area (Å²) in [6, 6.07) is 7.94. The third-order valence-corrected chi connectivity index (χ3v) is 3.33. The van der Waals surface area contributed by atoms with E-state index in [1.54, 1.807) is 0 Å². The molecule has 0 aliphatic heterocycles. The maximum absolute atomic E-state index is 11.3. The minimum Gasteiger partial charge on any atom is -0.364 e. The van der Waals surface area contributed by atoms with Gasteiger partial charge in [0.2, 0.25) is 0 Å². The van der Waals surface area contributed by atoms with Gasteiger partial charge in [-0.3, -0.25) is 4.79 Å². The van der Waals surface area contributed by atoms with Crippen LogP contribution in [0, 0.1) is 0 Å². The van der Waals surface area contributed by atoms with E-state index in [2.05, 4.69) is 40.3 Å². The number of carbonyl (C=O) groups excluding carboxylic acids is 1. The van der Waals surface area contributed by atoms with Gasteiger partial charge in [0.1, 0.15) is 5.69 Å². The number of H-pyrrole nitrogens is 1. The molecule has 0 aliphatic carbocycles. The van der Waals surface area contributed by atoms with Crippen molar-refractivity contribution in [1.29, 1.82) is 0 Å². The molecule has 0 bridgehead atoms. The number of aromatic amines is 1. The number of aromatic nitrogens is 3. The molecule has 0 unspecified atom stereocenters. The molecule has 0 saturated carbocycles. The first kappa shape index (κ1) is 15.2. The average molecular weight is 287 g/mol. The maximum Gasteiger partial charge on any atom is 0.271 e. The molecule has 6 heteroatoms. The largest absolute Gasteiger partial charge is 0.364 e. The second-order valence-corrected chi connectivity index (χ2v) is 5.18. The molecule has 0 saturated heterocycles. The minimum atomic E-state index is -0.579. The predicted octanol–water partition coefficient (Wildman–Crippen LogP) is 1.80. The molecule has 1 amide bonds. The van der Waals surface area contributed by atoms with E-state index in [9.17, 15) is 4.79 Å². The highest BCUT2D eigenvalue weighted by Crippen LogP contribution is 2.21. The summed E-state index contributed by atoms with van der Waals surface area (Å²) in [5, 5.41) is 10.3. The molecular formula is C15H21N5O. The number of hydrogen-bond donors (Lipinski definition) is 2. The Hall–Kier alpha value is -2.21. The molecule has 1 aromatic carbocycles. The van der Waals surface area contributed by atoms with Gasteiger partial charge in [-0.15, -0.1) is 0 Å². The number of hydrogen-bond acceptors (Lipinski definition) is 4. The highest BCUT2D eigenvalue weighted by molar-refractivity contribution is 5.96. The molecule has 21 heavy (non-hydrogen) atoms. The lowest BCUT2D eigenvalue weighted by Crippen LogP contribution is -2.18. The van der Waals surface area contributed by atoms with Crippen LogP contribution < -0.4 is 5.73 Å². The molecule has 1 heterocycles. The van der Waals surface area contributed by atoms with Crippen molar-refractivity contribution < 1.29 is 4.79 Å². The van der Waals surface area contributed by atoms with Crippen LogP contribution in [0.15, 0.2) is 24.3 Å². The average Bonchev–Trinajstić information content (AvgIpc) is 2.95. The summed E-state index contributed by atoms with van der Waals surface area (Å²) in [6.07, 6.45) is 2.37. The maximum atomic E-state index is 11.3. The molecule has 0 radical (unpaired) electrons. The normalized spacial score (nSPS) is 11.0. The van der Waals surface area contributed by atoms with Crippen molar-refractivity contribution in [3.8, 4) is 11.3 Å². The zero-order chi connectivity index (χ0) is 15.2. The molecule has 1 aromatic heterocycles. The van der Waals surface area contributed by atoms with E-state index in [1.165, 1.54) is 18.4 Å². The van der Waals surface area contributed by atoms with Crippen molar-refractivity contribution in [3.05, 3.63) is 35.5 Å². The topological polar surface area (TPSA) is 87.9 Å². The van der Waals surface area contributed by atoms with E-state index in [0.717, 1.165) is 18.7 Å². The van der Waals surface area contributed by atoms with Crippen LogP contribution in [0.25, 0.3) is 11.3 Å². The molecular weight excluding hydrogens is 266 g/mol. The Morgan fingerprint density at radius 3 is 2.90 bits per heavy atom. The van der Waals surface area contributed by atoms with Crippen LogP contribution >= 0.6 is 0 Å². The van der Waals surface area contributed by atoms with E-state index in [0.29, 0.717) is 5.69 Å². The van der Waals surface area contributed by atoms with Gasteiger partial charge >= 0.3 is 0 Å². The SMILES string of the molecule is CCCCN(C)Cc1cccc(-c2n[nH]nc2C(N)=O)c1. The molecule has 3 N–H and O–H groups in total.